The summed E-state index contributed by atoms with van der Waals surface area (Å²) in [6.07, 6.45) is 7.12. The van der Waals surface area contributed by atoms with Crippen LogP contribution in [0, 0.1) is 32.2 Å². The second kappa shape index (κ2) is 25.3. The van der Waals surface area contributed by atoms with E-state index in [2.05, 4.69) is 85.1 Å². The van der Waals surface area contributed by atoms with Gasteiger partial charge in [-0.3, -0.25) is 4.57 Å². The third-order valence-corrected chi connectivity index (χ3v) is 25.7. The number of nitrogens with zero attached hydrogens (tertiary/aromatic N) is 4. The van der Waals surface area contributed by atoms with E-state index in [1.165, 1.54) is 18.2 Å². The standard InChI is InChI=1S/C98H78N4O2Si.Pt/c1-62-27-25-28-63(2)93(62)65-52-79(64-43-46-91-82(51-64)78-40-22-24-42-90(78)104-91)94-83(53-65)81-60-86-85(97(6,7)48-49-98(86,8)9)59-80(81)74-37-19-20-38-75(74)84-57-73(105(70-31-13-10-14-32-70,71-33-15-11-16-34-71)72-35-17-12-18-36-72)58-89-95(84)101(94)61-100(89)67-29-26-30-68(55-67)103-69-44-45-77-76-39-21-23-41-87(76)102(88(77)56-69)92-54-66(47-50-99-92)96(3,4)5;/h10-47,50-54,57-60H,48-49H2,1-9H3;/q-2;/i1D3,2D3,10D,11D,12D,13D,14D,15D,16D,17D,18D,31D,32D,33D,34D,35D,36D;. The predicted octanol–water partition coefficient (Wildman–Crippen LogP) is 21.8. The Morgan fingerprint density at radius 3 is 1.79 bits per heavy atom. The average Bonchev–Trinajstić information content (AvgIpc) is 1.27. The van der Waals surface area contributed by atoms with E-state index >= 15 is 0 Å². The van der Waals surface area contributed by atoms with E-state index in [1.54, 1.807) is 53.2 Å². The zero-order chi connectivity index (χ0) is 89.3. The van der Waals surface area contributed by atoms with Gasteiger partial charge in [0.1, 0.15) is 17.0 Å². The Hall–Kier alpha value is -11.2. The second-order valence-electron chi connectivity index (χ2n) is 29.7. The van der Waals surface area contributed by atoms with Crippen molar-refractivity contribution in [3.05, 3.63) is 331 Å². The number of hydrogen-bond acceptors (Lipinski definition) is 3. The van der Waals surface area contributed by atoms with Crippen molar-refractivity contribution < 1.29 is 63.6 Å². The van der Waals surface area contributed by atoms with Gasteiger partial charge in [-0.2, -0.15) is 18.2 Å². The van der Waals surface area contributed by atoms with Crippen LogP contribution in [0.2, 0.25) is 0 Å². The fourth-order valence-electron chi connectivity index (χ4n) is 16.3. The van der Waals surface area contributed by atoms with Crippen LogP contribution in [0.15, 0.2) is 289 Å². The Bertz CT molecular complexity index is 7340. The average molecular weight is 1590 g/mol. The van der Waals surface area contributed by atoms with E-state index in [4.69, 9.17) is 14.1 Å². The number of pyridine rings is 1. The summed E-state index contributed by atoms with van der Waals surface area (Å²) in [5.74, 6) is 1.02. The van der Waals surface area contributed by atoms with Crippen LogP contribution in [0.4, 0.5) is 0 Å². The van der Waals surface area contributed by atoms with Gasteiger partial charge in [0, 0.05) is 63.3 Å². The first-order valence-electron chi connectivity index (χ1n) is 45.6. The molecule has 1 aliphatic heterocycles. The first-order valence-corrected chi connectivity index (χ1v) is 37.1. The molecule has 0 unspecified atom stereocenters. The van der Waals surface area contributed by atoms with Crippen LogP contribution in [0.5, 0.6) is 11.5 Å². The molecule has 13 aromatic carbocycles. The van der Waals surface area contributed by atoms with Crippen molar-refractivity contribution in [3.63, 3.8) is 0 Å². The van der Waals surface area contributed by atoms with Crippen molar-refractivity contribution in [3.8, 4) is 84.3 Å². The number of hydrogen-bond donors (Lipinski definition) is 0. The number of ether oxygens (including phenoxy) is 1. The van der Waals surface area contributed by atoms with Crippen LogP contribution in [0.3, 0.4) is 0 Å². The monoisotopic (exact) mass is 1590 g/mol. The first-order chi connectivity index (χ1) is 59.6. The van der Waals surface area contributed by atoms with Gasteiger partial charge in [0.15, 0.2) is 8.07 Å². The first kappa shape index (κ1) is 47.3. The molecule has 19 rings (SSSR count). The quantitative estimate of drug-likeness (QED) is 0.0593. The Kier molecular flexibility index (Phi) is 11.3. The minimum Gasteiger partial charge on any atom is -0.510 e. The molecule has 2 aliphatic rings. The number of fused-ring (bicyclic) bond motifs is 14. The summed E-state index contributed by atoms with van der Waals surface area (Å²) in [6, 6.07) is 49.9. The van der Waals surface area contributed by atoms with Crippen LogP contribution < -0.4 is 30.1 Å². The van der Waals surface area contributed by atoms with Gasteiger partial charge in [-0.05, 0) is 213 Å². The van der Waals surface area contributed by atoms with Gasteiger partial charge in [0.2, 0.25) is 0 Å². The number of para-hydroxylation sites is 2. The number of benzene rings is 13. The molecule has 0 fully saturated rings. The molecule has 0 bridgehead atoms. The third kappa shape index (κ3) is 10.7. The molecule has 0 saturated heterocycles. The van der Waals surface area contributed by atoms with Gasteiger partial charge in [-0.1, -0.05) is 248 Å². The zero-order valence-electron chi connectivity index (χ0n) is 79.8. The van der Waals surface area contributed by atoms with Crippen LogP contribution in [0.1, 0.15) is 118 Å². The molecule has 5 heterocycles. The summed E-state index contributed by atoms with van der Waals surface area (Å²) in [4.78, 5) is 4.92. The van der Waals surface area contributed by atoms with Gasteiger partial charge in [0.25, 0.3) is 6.33 Å². The van der Waals surface area contributed by atoms with Crippen LogP contribution in [-0.4, -0.2) is 22.2 Å². The summed E-state index contributed by atoms with van der Waals surface area (Å²) in [7, 11) is -6.05. The molecular weight excluding hydrogens is 1490 g/mol. The maximum absolute atomic E-state index is 10.4. The zero-order valence-corrected chi connectivity index (χ0v) is 62.1. The Morgan fingerprint density at radius 1 is 0.509 bits per heavy atom. The van der Waals surface area contributed by atoms with E-state index in [1.807, 2.05) is 118 Å². The second-order valence-corrected chi connectivity index (χ2v) is 33.3. The summed E-state index contributed by atoms with van der Waals surface area (Å²) in [5, 5.41) is 0.857. The molecule has 0 radical (unpaired) electrons. The smallest absolute Gasteiger partial charge is 0.268 e. The van der Waals surface area contributed by atoms with Gasteiger partial charge < -0.3 is 18.3 Å². The maximum Gasteiger partial charge on any atom is 0.268 e. The molecule has 0 spiro atoms. The van der Waals surface area contributed by atoms with Gasteiger partial charge in [-0.15, -0.1) is 29.7 Å². The number of aryl methyl sites for hydroxylation is 2. The van der Waals surface area contributed by atoms with Crippen molar-refractivity contribution in [1.29, 1.82) is 0 Å². The molecule has 4 aromatic heterocycles. The molecule has 1 aliphatic carbocycles. The van der Waals surface area contributed by atoms with Gasteiger partial charge in [-0.25, -0.2) is 4.98 Å². The number of imidazole rings is 1. The van der Waals surface area contributed by atoms with E-state index < -0.39 is 139 Å². The molecule has 0 N–H and O–H groups in total. The van der Waals surface area contributed by atoms with Crippen molar-refractivity contribution in [1.82, 2.24) is 14.1 Å². The molecule has 0 saturated carbocycles. The molecule has 518 valence electrons. The van der Waals surface area contributed by atoms with Crippen molar-refractivity contribution in [2.24, 2.45) is 0 Å². The van der Waals surface area contributed by atoms with E-state index in [9.17, 15) is 28.8 Å². The van der Waals surface area contributed by atoms with Crippen molar-refractivity contribution in [2.45, 2.75) is 91.3 Å². The van der Waals surface area contributed by atoms with E-state index in [0.29, 0.717) is 72.5 Å². The number of rotatable bonds is 10. The minimum atomic E-state index is -6.05. The third-order valence-electron chi connectivity index (χ3n) is 21.6. The number of furan rings is 1. The summed E-state index contributed by atoms with van der Waals surface area (Å²) in [6.45, 7) is 9.32. The predicted molar refractivity (Wildman–Crippen MR) is 435 cm³/mol. The summed E-state index contributed by atoms with van der Waals surface area (Å²) >= 11 is 0. The van der Waals surface area contributed by atoms with E-state index in [-0.39, 0.29) is 87.7 Å². The topological polar surface area (TPSA) is 49.0 Å². The largest absolute Gasteiger partial charge is 0.510 e. The molecule has 0 atom stereocenters. The molecule has 6 nitrogen and oxygen atoms in total. The Labute approximate surface area is 664 Å². The van der Waals surface area contributed by atoms with Crippen LogP contribution in [-0.2, 0) is 37.3 Å². The molecule has 17 aromatic rings. The maximum atomic E-state index is 10.4. The normalized spacial score (nSPS) is 16.8. The molecule has 8 heteroatoms. The molecule has 106 heavy (non-hydrogen) atoms. The fraction of sp³-hybridized carbons (Fsp3) is 0.143. The van der Waals surface area contributed by atoms with Gasteiger partial charge >= 0.3 is 0 Å². The summed E-state index contributed by atoms with van der Waals surface area (Å²) in [5.41, 5.74) is 8.48. The van der Waals surface area contributed by atoms with Gasteiger partial charge in [0.05, 0.1) is 37.3 Å². The molecule has 0 amide bonds. The minimum absolute atomic E-state index is 0. The summed E-state index contributed by atoms with van der Waals surface area (Å²) < 4.78 is 222. The Balaban J connectivity index is 0.0000109. The fourth-order valence-corrected chi connectivity index (χ4v) is 20.1. The van der Waals surface area contributed by atoms with Crippen molar-refractivity contribution in [2.75, 3.05) is 0 Å². The number of aromatic nitrogens is 4. The van der Waals surface area contributed by atoms with Crippen LogP contribution >= 0.6 is 0 Å². The SMILES string of the molecule is [2H]c1c([2H])c([2H])c([Si](c2cc3c4c(c2)n(-c2[c-]c(Oc5[c-]c6c(cc5)c5ccccc5n6-c5cc(C(C)(C)C)ccn5)ccc2)[c-][n+]4-c2c(-c4ccc5oc6ccccc6c5c4)cc(-c4c(C([2H])([2H])[2H])cccc4C([2H])([2H])[2H])cc2-c2cc4c(cc2-c2ccccc2-3)C(C)(C)CCC4(C)C)(c2c([2H])c([2H])c([2H])c([2H])c2[2H])c2c([2H])c([2H])c([2H])c([2H])c2[2H])c([2H])c1[2H].[Pt]. The van der Waals surface area contributed by atoms with E-state index in [0.717, 1.165) is 51.2 Å². The van der Waals surface area contributed by atoms with Crippen LogP contribution in [0.25, 0.3) is 128 Å². The Morgan fingerprint density at radius 2 is 1.11 bits per heavy atom. The molecular formula is C98H78N4O2PtSi-2. The van der Waals surface area contributed by atoms with Crippen molar-refractivity contribution >= 4 is 83.6 Å².